The molecule has 0 radical (unpaired) electrons. The Bertz CT molecular complexity index is 769. The lowest BCUT2D eigenvalue weighted by molar-refractivity contribution is 0.417. The summed E-state index contributed by atoms with van der Waals surface area (Å²) in [6.07, 6.45) is 1.73. The molecular weight excluding hydrogens is 276 g/mol. The van der Waals surface area contributed by atoms with Gasteiger partial charge in [0.1, 0.15) is 5.75 Å². The van der Waals surface area contributed by atoms with Gasteiger partial charge in [0.15, 0.2) is 0 Å². The number of anilines is 3. The number of hydrogen-bond acceptors (Lipinski definition) is 4. The lowest BCUT2D eigenvalue weighted by Crippen LogP contribution is -1.98. The van der Waals surface area contributed by atoms with Gasteiger partial charge in [0, 0.05) is 10.4 Å². The van der Waals surface area contributed by atoms with Crippen LogP contribution in [0.3, 0.4) is 0 Å². The van der Waals surface area contributed by atoms with E-state index in [1.165, 1.54) is 0 Å². The second-order valence-electron chi connectivity index (χ2n) is 4.37. The van der Waals surface area contributed by atoms with Gasteiger partial charge in [0.25, 0.3) is 0 Å². The number of methoxy groups -OCH3 is 1. The SMILES string of the molecule is COc1ccc(Cl)cc1Nc1cc2[nH]ncc2cc1N. The minimum absolute atomic E-state index is 0.620. The number of nitrogens with zero attached hydrogens (tertiary/aromatic N) is 1. The molecule has 0 atom stereocenters. The molecule has 0 aliphatic carbocycles. The fourth-order valence-corrected chi connectivity index (χ4v) is 2.21. The summed E-state index contributed by atoms with van der Waals surface area (Å²) in [5.41, 5.74) is 9.10. The molecule has 0 saturated carbocycles. The van der Waals surface area contributed by atoms with Crippen molar-refractivity contribution in [1.82, 2.24) is 10.2 Å². The van der Waals surface area contributed by atoms with E-state index in [2.05, 4.69) is 15.5 Å². The summed E-state index contributed by atoms with van der Waals surface area (Å²) in [6.45, 7) is 0. The number of nitrogens with one attached hydrogen (secondary N) is 2. The number of nitrogen functional groups attached to an aromatic ring is 1. The molecule has 0 aliphatic rings. The molecule has 3 rings (SSSR count). The van der Waals surface area contributed by atoms with E-state index < -0.39 is 0 Å². The maximum atomic E-state index is 6.05. The Hall–Kier alpha value is -2.40. The molecule has 5 nitrogen and oxygen atoms in total. The third-order valence-corrected chi connectivity index (χ3v) is 3.28. The minimum atomic E-state index is 0.620. The molecular formula is C14H13ClN4O. The Morgan fingerprint density at radius 2 is 2.10 bits per heavy atom. The minimum Gasteiger partial charge on any atom is -0.495 e. The molecule has 1 heterocycles. The number of aromatic nitrogens is 2. The van der Waals surface area contributed by atoms with Crippen LogP contribution in [-0.2, 0) is 0 Å². The van der Waals surface area contributed by atoms with Gasteiger partial charge in [-0.3, -0.25) is 5.10 Å². The molecule has 6 heteroatoms. The smallest absolute Gasteiger partial charge is 0.142 e. The van der Waals surface area contributed by atoms with Crippen LogP contribution in [0.2, 0.25) is 5.02 Å². The zero-order valence-corrected chi connectivity index (χ0v) is 11.5. The number of halogens is 1. The lowest BCUT2D eigenvalue weighted by Gasteiger charge is -2.13. The predicted molar refractivity (Wildman–Crippen MR) is 81.8 cm³/mol. The van der Waals surface area contributed by atoms with E-state index in [9.17, 15) is 0 Å². The Morgan fingerprint density at radius 1 is 1.25 bits per heavy atom. The van der Waals surface area contributed by atoms with E-state index in [0.717, 1.165) is 22.3 Å². The molecule has 0 aliphatic heterocycles. The number of benzene rings is 2. The van der Waals surface area contributed by atoms with Gasteiger partial charge in [-0.05, 0) is 30.3 Å². The van der Waals surface area contributed by atoms with E-state index in [1.54, 1.807) is 31.5 Å². The number of aromatic amines is 1. The highest BCUT2D eigenvalue weighted by molar-refractivity contribution is 6.31. The summed E-state index contributed by atoms with van der Waals surface area (Å²) in [5.74, 6) is 0.693. The van der Waals surface area contributed by atoms with Crippen molar-refractivity contribution in [1.29, 1.82) is 0 Å². The van der Waals surface area contributed by atoms with Crippen LogP contribution in [-0.4, -0.2) is 17.3 Å². The zero-order chi connectivity index (χ0) is 14.1. The molecule has 0 saturated heterocycles. The van der Waals surface area contributed by atoms with E-state index in [1.807, 2.05) is 12.1 Å². The molecule has 20 heavy (non-hydrogen) atoms. The topological polar surface area (TPSA) is 76.0 Å². The molecule has 4 N–H and O–H groups in total. The maximum absolute atomic E-state index is 6.05. The molecule has 0 fully saturated rings. The van der Waals surface area contributed by atoms with Crippen LogP contribution in [0.15, 0.2) is 36.5 Å². The zero-order valence-electron chi connectivity index (χ0n) is 10.8. The summed E-state index contributed by atoms with van der Waals surface area (Å²) in [7, 11) is 1.61. The van der Waals surface area contributed by atoms with Gasteiger partial charge >= 0.3 is 0 Å². The Morgan fingerprint density at radius 3 is 2.90 bits per heavy atom. The fraction of sp³-hybridized carbons (Fsp3) is 0.0714. The van der Waals surface area contributed by atoms with E-state index in [4.69, 9.17) is 22.1 Å². The molecule has 1 aromatic heterocycles. The first-order chi connectivity index (χ1) is 9.67. The second kappa shape index (κ2) is 4.94. The standard InChI is InChI=1S/C14H13ClN4O/c1-20-14-3-2-9(15)5-13(14)18-12-6-11-8(4-10(12)16)7-17-19-11/h2-7,18H,16H2,1H3,(H,17,19). The summed E-state index contributed by atoms with van der Waals surface area (Å²) < 4.78 is 5.30. The van der Waals surface area contributed by atoms with Crippen LogP contribution in [0.1, 0.15) is 0 Å². The van der Waals surface area contributed by atoms with Crippen molar-refractivity contribution >= 4 is 39.6 Å². The van der Waals surface area contributed by atoms with Crippen LogP contribution >= 0.6 is 11.6 Å². The van der Waals surface area contributed by atoms with Crippen molar-refractivity contribution in [3.05, 3.63) is 41.6 Å². The summed E-state index contributed by atoms with van der Waals surface area (Å²) in [6, 6.07) is 9.12. The van der Waals surface area contributed by atoms with E-state index in [-0.39, 0.29) is 0 Å². The molecule has 2 aromatic carbocycles. The number of hydrogen-bond donors (Lipinski definition) is 3. The monoisotopic (exact) mass is 288 g/mol. The first-order valence-electron chi connectivity index (χ1n) is 6.00. The first-order valence-corrected chi connectivity index (χ1v) is 6.38. The van der Waals surface area contributed by atoms with Crippen molar-refractivity contribution < 1.29 is 4.74 Å². The van der Waals surface area contributed by atoms with Gasteiger partial charge in [0.2, 0.25) is 0 Å². The van der Waals surface area contributed by atoms with Crippen LogP contribution in [0, 0.1) is 0 Å². The van der Waals surface area contributed by atoms with Gasteiger partial charge in [-0.2, -0.15) is 5.10 Å². The van der Waals surface area contributed by atoms with Gasteiger partial charge in [-0.15, -0.1) is 0 Å². The molecule has 0 unspecified atom stereocenters. The molecule has 0 bridgehead atoms. The Balaban J connectivity index is 2.04. The Labute approximate surface area is 120 Å². The summed E-state index contributed by atoms with van der Waals surface area (Å²) >= 11 is 6.01. The van der Waals surface area contributed by atoms with Gasteiger partial charge in [-0.25, -0.2) is 0 Å². The molecule has 0 spiro atoms. The van der Waals surface area contributed by atoms with Crippen molar-refractivity contribution in [3.8, 4) is 5.75 Å². The lowest BCUT2D eigenvalue weighted by atomic mass is 10.2. The van der Waals surface area contributed by atoms with Crippen LogP contribution in [0.25, 0.3) is 10.9 Å². The van der Waals surface area contributed by atoms with Crippen LogP contribution in [0.5, 0.6) is 5.75 Å². The quantitative estimate of drug-likeness (QED) is 0.644. The maximum Gasteiger partial charge on any atom is 0.142 e. The van der Waals surface area contributed by atoms with Crippen LogP contribution < -0.4 is 15.8 Å². The van der Waals surface area contributed by atoms with Gasteiger partial charge < -0.3 is 15.8 Å². The normalized spacial score (nSPS) is 10.7. The molecule has 3 aromatic rings. The third-order valence-electron chi connectivity index (χ3n) is 3.04. The van der Waals surface area contributed by atoms with E-state index in [0.29, 0.717) is 16.5 Å². The molecule has 102 valence electrons. The first kappa shape index (κ1) is 12.6. The van der Waals surface area contributed by atoms with Crippen molar-refractivity contribution in [3.63, 3.8) is 0 Å². The fourth-order valence-electron chi connectivity index (χ4n) is 2.04. The van der Waals surface area contributed by atoms with Gasteiger partial charge in [-0.1, -0.05) is 11.6 Å². The van der Waals surface area contributed by atoms with Crippen molar-refractivity contribution in [2.75, 3.05) is 18.2 Å². The second-order valence-corrected chi connectivity index (χ2v) is 4.80. The predicted octanol–water partition coefficient (Wildman–Crippen LogP) is 3.55. The Kier molecular flexibility index (Phi) is 3.12. The van der Waals surface area contributed by atoms with Crippen molar-refractivity contribution in [2.45, 2.75) is 0 Å². The highest BCUT2D eigenvalue weighted by Crippen LogP contribution is 2.33. The highest BCUT2D eigenvalue weighted by Gasteiger charge is 2.08. The number of H-pyrrole nitrogens is 1. The van der Waals surface area contributed by atoms with E-state index >= 15 is 0 Å². The largest absolute Gasteiger partial charge is 0.495 e. The number of ether oxygens (including phenoxy) is 1. The van der Waals surface area contributed by atoms with Crippen LogP contribution in [0.4, 0.5) is 17.1 Å². The van der Waals surface area contributed by atoms with Crippen molar-refractivity contribution in [2.24, 2.45) is 0 Å². The molecule has 0 amide bonds. The highest BCUT2D eigenvalue weighted by atomic mass is 35.5. The summed E-state index contributed by atoms with van der Waals surface area (Å²) in [5, 5.41) is 11.7. The number of rotatable bonds is 3. The number of nitrogens with two attached hydrogens (primary N) is 1. The van der Waals surface area contributed by atoms with Gasteiger partial charge in [0.05, 0.1) is 35.9 Å². The number of fused-ring (bicyclic) bond motifs is 1. The average molecular weight is 289 g/mol. The third kappa shape index (κ3) is 2.23. The average Bonchev–Trinajstić information content (AvgIpc) is 2.86. The summed E-state index contributed by atoms with van der Waals surface area (Å²) in [4.78, 5) is 0.